The van der Waals surface area contributed by atoms with Crippen LogP contribution in [0.3, 0.4) is 0 Å². The van der Waals surface area contributed by atoms with E-state index in [1.54, 1.807) is 0 Å². The second kappa shape index (κ2) is 8.37. The molecule has 9 aromatic rings. The molecule has 0 unspecified atom stereocenters. The summed E-state index contributed by atoms with van der Waals surface area (Å²) in [5.74, 6) is 1.78. The third-order valence-corrected chi connectivity index (χ3v) is 9.11. The molecule has 0 fully saturated rings. The average Bonchev–Trinajstić information content (AvgIpc) is 3.58. The number of nitrogens with zero attached hydrogens (tertiary/aromatic N) is 2. The van der Waals surface area contributed by atoms with Crippen LogP contribution in [0.1, 0.15) is 0 Å². The zero-order chi connectivity index (χ0) is 28.1. The minimum atomic E-state index is 0.885. The van der Waals surface area contributed by atoms with Crippen molar-refractivity contribution in [2.24, 2.45) is 0 Å². The number of aromatic nitrogens is 2. The minimum Gasteiger partial charge on any atom is -0.453 e. The molecule has 0 saturated carbocycles. The molecule has 0 spiro atoms. The fourth-order valence-electron chi connectivity index (χ4n) is 7.30. The van der Waals surface area contributed by atoms with E-state index in [0.29, 0.717) is 0 Å². The van der Waals surface area contributed by atoms with E-state index in [1.165, 1.54) is 65.7 Å². The van der Waals surface area contributed by atoms with Gasteiger partial charge in [0.15, 0.2) is 11.5 Å². The van der Waals surface area contributed by atoms with Crippen molar-refractivity contribution < 1.29 is 4.74 Å². The van der Waals surface area contributed by atoms with Gasteiger partial charge in [-0.1, -0.05) is 97.1 Å². The Bertz CT molecular complexity index is 2550. The third-order valence-electron chi connectivity index (χ3n) is 9.11. The molecule has 10 rings (SSSR count). The van der Waals surface area contributed by atoms with E-state index in [2.05, 4.69) is 143 Å². The maximum Gasteiger partial charge on any atom is 0.152 e. The molecule has 200 valence electrons. The summed E-state index contributed by atoms with van der Waals surface area (Å²) in [6, 6.07) is 52.4. The molecule has 0 amide bonds. The number of rotatable bonds is 2. The maximum atomic E-state index is 6.34. The molecule has 3 heteroatoms. The van der Waals surface area contributed by atoms with Gasteiger partial charge in [-0.3, -0.25) is 0 Å². The van der Waals surface area contributed by atoms with E-state index in [4.69, 9.17) is 4.74 Å². The van der Waals surface area contributed by atoms with E-state index in [-0.39, 0.29) is 0 Å². The van der Waals surface area contributed by atoms with Gasteiger partial charge in [0.2, 0.25) is 0 Å². The second-order valence-electron chi connectivity index (χ2n) is 11.3. The summed E-state index contributed by atoms with van der Waals surface area (Å²) in [7, 11) is 0. The predicted octanol–water partition coefficient (Wildman–Crippen LogP) is 10.8. The normalized spacial score (nSPS) is 12.4. The van der Waals surface area contributed by atoms with Crippen LogP contribution in [0.15, 0.2) is 146 Å². The Morgan fingerprint density at radius 3 is 1.81 bits per heavy atom. The molecule has 0 bridgehead atoms. The summed E-state index contributed by atoms with van der Waals surface area (Å²) in [6.07, 6.45) is 0. The molecule has 43 heavy (non-hydrogen) atoms. The van der Waals surface area contributed by atoms with Crippen LogP contribution in [0, 0.1) is 0 Å². The van der Waals surface area contributed by atoms with Gasteiger partial charge in [-0.05, 0) is 65.0 Å². The van der Waals surface area contributed by atoms with Crippen molar-refractivity contribution in [3.8, 4) is 34.0 Å². The zero-order valence-corrected chi connectivity index (χ0v) is 23.2. The molecule has 1 aliphatic heterocycles. The van der Waals surface area contributed by atoms with Crippen LogP contribution in [0.2, 0.25) is 0 Å². The molecule has 0 N–H and O–H groups in total. The first kappa shape index (κ1) is 22.8. The van der Waals surface area contributed by atoms with Gasteiger partial charge < -0.3 is 13.9 Å². The fourth-order valence-corrected chi connectivity index (χ4v) is 7.30. The highest BCUT2D eigenvalue weighted by Crippen LogP contribution is 2.46. The standard InChI is InChI=1S/C40H24N2O/c1-2-11-28-27(10-1)26(21-23-35(28)41-33-15-5-3-12-29(33)30-13-4-6-16-34(30)41)25-20-22-36-32(24-25)31-14-9-19-39-40(31)42(36)37-17-7-8-18-38(37)43-39/h1-24H. The average molecular weight is 549 g/mol. The molecular weight excluding hydrogens is 524 g/mol. The lowest BCUT2D eigenvalue weighted by atomic mass is 9.95. The first-order chi connectivity index (χ1) is 21.3. The summed E-state index contributed by atoms with van der Waals surface area (Å²) in [6.45, 7) is 0. The lowest BCUT2D eigenvalue weighted by Gasteiger charge is -2.20. The van der Waals surface area contributed by atoms with Crippen molar-refractivity contribution in [1.29, 1.82) is 0 Å². The van der Waals surface area contributed by atoms with Crippen molar-refractivity contribution in [2.45, 2.75) is 0 Å². The van der Waals surface area contributed by atoms with E-state index < -0.39 is 0 Å². The largest absolute Gasteiger partial charge is 0.453 e. The van der Waals surface area contributed by atoms with Gasteiger partial charge in [-0.15, -0.1) is 0 Å². The number of para-hydroxylation sites is 5. The van der Waals surface area contributed by atoms with Gasteiger partial charge in [0.05, 0.1) is 33.4 Å². The SMILES string of the molecule is c1ccc2c(c1)Oc1cccc3c4cc(-c5ccc(-n6c7ccccc7c7ccccc76)c6ccccc56)ccc4n-2c13. The number of ether oxygens (including phenoxy) is 1. The maximum absolute atomic E-state index is 6.34. The van der Waals surface area contributed by atoms with Gasteiger partial charge in [0, 0.05) is 26.9 Å². The topological polar surface area (TPSA) is 19.1 Å². The summed E-state index contributed by atoms with van der Waals surface area (Å²) < 4.78 is 11.1. The Kier molecular flexibility index (Phi) is 4.45. The van der Waals surface area contributed by atoms with Crippen LogP contribution in [-0.4, -0.2) is 9.13 Å². The molecule has 1 aliphatic rings. The Labute approximate surface area is 247 Å². The second-order valence-corrected chi connectivity index (χ2v) is 11.3. The van der Waals surface area contributed by atoms with Crippen molar-refractivity contribution in [3.05, 3.63) is 146 Å². The molecule has 7 aromatic carbocycles. The van der Waals surface area contributed by atoms with E-state index in [9.17, 15) is 0 Å². The number of benzene rings is 7. The van der Waals surface area contributed by atoms with Crippen molar-refractivity contribution in [2.75, 3.05) is 0 Å². The Balaban J connectivity index is 1.24. The third kappa shape index (κ3) is 3.03. The number of hydrogen-bond donors (Lipinski definition) is 0. The number of fused-ring (bicyclic) bond motifs is 9. The van der Waals surface area contributed by atoms with E-state index >= 15 is 0 Å². The first-order valence-corrected chi connectivity index (χ1v) is 14.7. The number of hydrogen-bond acceptors (Lipinski definition) is 1. The van der Waals surface area contributed by atoms with Crippen LogP contribution in [0.5, 0.6) is 11.5 Å². The van der Waals surface area contributed by atoms with Crippen LogP contribution in [0.4, 0.5) is 0 Å². The molecule has 0 atom stereocenters. The first-order valence-electron chi connectivity index (χ1n) is 14.7. The highest BCUT2D eigenvalue weighted by molar-refractivity contribution is 6.15. The molecule has 3 heterocycles. The minimum absolute atomic E-state index is 0.885. The van der Waals surface area contributed by atoms with Gasteiger partial charge in [0.1, 0.15) is 0 Å². The monoisotopic (exact) mass is 548 g/mol. The highest BCUT2D eigenvalue weighted by Gasteiger charge is 2.24. The Hall–Kier alpha value is -5.80. The van der Waals surface area contributed by atoms with Crippen LogP contribution >= 0.6 is 0 Å². The van der Waals surface area contributed by atoms with Crippen LogP contribution < -0.4 is 4.74 Å². The lowest BCUT2D eigenvalue weighted by Crippen LogP contribution is -2.03. The Morgan fingerprint density at radius 1 is 0.372 bits per heavy atom. The van der Waals surface area contributed by atoms with Crippen LogP contribution in [0.25, 0.3) is 76.9 Å². The quantitative estimate of drug-likeness (QED) is 0.210. The molecular formula is C40H24N2O. The fraction of sp³-hybridized carbons (Fsp3) is 0. The summed E-state index contributed by atoms with van der Waals surface area (Å²) in [5, 5.41) is 7.45. The Morgan fingerprint density at radius 2 is 1.00 bits per heavy atom. The smallest absolute Gasteiger partial charge is 0.152 e. The molecule has 2 aromatic heterocycles. The predicted molar refractivity (Wildman–Crippen MR) is 178 cm³/mol. The van der Waals surface area contributed by atoms with Crippen molar-refractivity contribution >= 4 is 54.4 Å². The van der Waals surface area contributed by atoms with E-state index in [1.807, 2.05) is 12.1 Å². The zero-order valence-electron chi connectivity index (χ0n) is 23.2. The van der Waals surface area contributed by atoms with Gasteiger partial charge in [0.25, 0.3) is 0 Å². The van der Waals surface area contributed by atoms with Crippen LogP contribution in [-0.2, 0) is 0 Å². The van der Waals surface area contributed by atoms with Gasteiger partial charge >= 0.3 is 0 Å². The van der Waals surface area contributed by atoms with Gasteiger partial charge in [-0.25, -0.2) is 0 Å². The molecule has 0 radical (unpaired) electrons. The van der Waals surface area contributed by atoms with Crippen molar-refractivity contribution in [3.63, 3.8) is 0 Å². The molecule has 0 aliphatic carbocycles. The van der Waals surface area contributed by atoms with Gasteiger partial charge in [-0.2, -0.15) is 0 Å². The summed E-state index contributed by atoms with van der Waals surface area (Å²) >= 11 is 0. The highest BCUT2D eigenvalue weighted by atomic mass is 16.5. The lowest BCUT2D eigenvalue weighted by molar-refractivity contribution is 0.476. The van der Waals surface area contributed by atoms with Crippen molar-refractivity contribution in [1.82, 2.24) is 9.13 Å². The summed E-state index contributed by atoms with van der Waals surface area (Å²) in [5.41, 5.74) is 9.46. The van der Waals surface area contributed by atoms with E-state index in [0.717, 1.165) is 22.7 Å². The molecule has 0 saturated heterocycles. The molecule has 3 nitrogen and oxygen atoms in total. The summed E-state index contributed by atoms with van der Waals surface area (Å²) in [4.78, 5) is 0.